The van der Waals surface area contributed by atoms with Crippen molar-refractivity contribution in [1.29, 1.82) is 5.26 Å². The summed E-state index contributed by atoms with van der Waals surface area (Å²) in [4.78, 5) is 25.6. The van der Waals surface area contributed by atoms with Gasteiger partial charge in [0.05, 0.1) is 42.2 Å². The van der Waals surface area contributed by atoms with Crippen LogP contribution in [0.3, 0.4) is 0 Å². The molecule has 41 heavy (non-hydrogen) atoms. The molecule has 2 aliphatic rings. The summed E-state index contributed by atoms with van der Waals surface area (Å²) < 4.78 is 20.4. The van der Waals surface area contributed by atoms with Gasteiger partial charge in [-0.05, 0) is 50.1 Å². The zero-order chi connectivity index (χ0) is 28.6. The Kier molecular flexibility index (Phi) is 7.01. The summed E-state index contributed by atoms with van der Waals surface area (Å²) >= 11 is 0. The van der Waals surface area contributed by atoms with Crippen LogP contribution in [0.2, 0.25) is 0 Å². The maximum absolute atomic E-state index is 13.1. The summed E-state index contributed by atoms with van der Waals surface area (Å²) in [6.45, 7) is 4.97. The van der Waals surface area contributed by atoms with Gasteiger partial charge in [-0.2, -0.15) is 10.4 Å². The van der Waals surface area contributed by atoms with Crippen molar-refractivity contribution in [3.05, 3.63) is 72.2 Å². The molecule has 4 aromatic heterocycles. The lowest BCUT2D eigenvalue weighted by atomic mass is 9.72. The van der Waals surface area contributed by atoms with E-state index in [0.29, 0.717) is 22.5 Å². The van der Waals surface area contributed by atoms with Gasteiger partial charge in [0, 0.05) is 54.6 Å². The number of aromatic nitrogens is 4. The van der Waals surface area contributed by atoms with Gasteiger partial charge in [-0.15, -0.1) is 0 Å². The molecule has 2 aliphatic heterocycles. The molecule has 210 valence electrons. The number of hydrogen-bond acceptors (Lipinski definition) is 8. The SMILES string of the molecule is C[C@@H](O)COc1cc(-c2ccc(N3CCC4(CC3)CN(C(=O)Cc3ccc(F)cn3)C4)nc2)c2c(C#N)cnn2c1. The van der Waals surface area contributed by atoms with Crippen molar-refractivity contribution in [2.75, 3.05) is 37.7 Å². The molecule has 0 saturated carbocycles. The van der Waals surface area contributed by atoms with E-state index >= 15 is 0 Å². The van der Waals surface area contributed by atoms with Gasteiger partial charge in [0.15, 0.2) is 0 Å². The third kappa shape index (κ3) is 5.43. The minimum atomic E-state index is -0.617. The van der Waals surface area contributed by atoms with Gasteiger partial charge in [-0.1, -0.05) is 0 Å². The summed E-state index contributed by atoms with van der Waals surface area (Å²) in [5, 5.41) is 23.5. The molecule has 0 aromatic carbocycles. The van der Waals surface area contributed by atoms with E-state index in [9.17, 15) is 19.6 Å². The quantitative estimate of drug-likeness (QED) is 0.369. The lowest BCUT2D eigenvalue weighted by Gasteiger charge is -2.54. The lowest BCUT2D eigenvalue weighted by molar-refractivity contribution is -0.144. The number of likely N-dealkylation sites (tertiary alicyclic amines) is 1. The molecular weight excluding hydrogens is 525 g/mol. The number of piperidine rings is 1. The van der Waals surface area contributed by atoms with E-state index in [1.165, 1.54) is 12.3 Å². The fourth-order valence-electron chi connectivity index (χ4n) is 5.67. The number of rotatable bonds is 7. The normalized spacial score (nSPS) is 16.8. The van der Waals surface area contributed by atoms with Gasteiger partial charge in [0.25, 0.3) is 0 Å². The number of aliphatic hydroxyl groups excluding tert-OH is 1. The summed E-state index contributed by atoms with van der Waals surface area (Å²) in [6, 6.07) is 10.9. The first kappa shape index (κ1) is 26.7. The molecule has 2 saturated heterocycles. The Labute approximate surface area is 236 Å². The van der Waals surface area contributed by atoms with Gasteiger partial charge in [-0.25, -0.2) is 13.9 Å². The zero-order valence-corrected chi connectivity index (χ0v) is 22.7. The molecule has 10 nitrogen and oxygen atoms in total. The van der Waals surface area contributed by atoms with Crippen molar-refractivity contribution in [2.24, 2.45) is 5.41 Å². The van der Waals surface area contributed by atoms with Crippen LogP contribution in [0.4, 0.5) is 10.2 Å². The Morgan fingerprint density at radius 1 is 1.17 bits per heavy atom. The molecule has 0 radical (unpaired) electrons. The van der Waals surface area contributed by atoms with Crippen LogP contribution >= 0.6 is 0 Å². The highest BCUT2D eigenvalue weighted by Gasteiger charge is 2.46. The molecular formula is C30H30FN7O3. The summed E-state index contributed by atoms with van der Waals surface area (Å²) in [6.07, 6.45) is 7.68. The molecule has 6 rings (SSSR count). The molecule has 1 spiro atoms. The van der Waals surface area contributed by atoms with Crippen LogP contribution in [0, 0.1) is 22.6 Å². The first-order valence-corrected chi connectivity index (χ1v) is 13.6. The Morgan fingerprint density at radius 2 is 1.98 bits per heavy atom. The molecule has 1 amide bonds. The number of nitrogens with zero attached hydrogens (tertiary/aromatic N) is 7. The molecule has 1 atom stereocenters. The van der Waals surface area contributed by atoms with Crippen molar-refractivity contribution in [2.45, 2.75) is 32.3 Å². The maximum Gasteiger partial charge on any atom is 0.228 e. The number of halogens is 1. The summed E-state index contributed by atoms with van der Waals surface area (Å²) in [5.41, 5.74) is 3.44. The number of nitriles is 1. The van der Waals surface area contributed by atoms with Gasteiger partial charge < -0.3 is 19.6 Å². The Bertz CT molecular complexity index is 1600. The predicted octanol–water partition coefficient (Wildman–Crippen LogP) is 3.23. The number of fused-ring (bicyclic) bond motifs is 1. The number of hydrogen-bond donors (Lipinski definition) is 1. The van der Waals surface area contributed by atoms with E-state index in [1.54, 1.807) is 29.9 Å². The second-order valence-corrected chi connectivity index (χ2v) is 11.0. The first-order chi connectivity index (χ1) is 19.8. The third-order valence-electron chi connectivity index (χ3n) is 7.93. The highest BCUT2D eigenvalue weighted by molar-refractivity contribution is 5.85. The zero-order valence-electron chi connectivity index (χ0n) is 22.7. The van der Waals surface area contributed by atoms with E-state index in [2.05, 4.69) is 21.1 Å². The average molecular weight is 556 g/mol. The Morgan fingerprint density at radius 3 is 2.63 bits per heavy atom. The number of pyridine rings is 3. The summed E-state index contributed by atoms with van der Waals surface area (Å²) in [5.74, 6) is 1.04. The van der Waals surface area contributed by atoms with Crippen molar-refractivity contribution in [1.82, 2.24) is 24.5 Å². The van der Waals surface area contributed by atoms with Gasteiger partial charge in [-0.3, -0.25) is 9.78 Å². The molecule has 11 heteroatoms. The second kappa shape index (κ2) is 10.8. The van der Waals surface area contributed by atoms with Crippen LogP contribution < -0.4 is 9.64 Å². The fraction of sp³-hybridized carbons (Fsp3) is 0.367. The van der Waals surface area contributed by atoms with Crippen molar-refractivity contribution < 1.29 is 19.0 Å². The van der Waals surface area contributed by atoms with Crippen LogP contribution in [0.5, 0.6) is 5.75 Å². The topological polar surface area (TPSA) is 120 Å². The Hall–Kier alpha value is -4.56. The molecule has 0 bridgehead atoms. The van der Waals surface area contributed by atoms with E-state index in [4.69, 9.17) is 9.72 Å². The molecule has 4 aromatic rings. The third-order valence-corrected chi connectivity index (χ3v) is 7.93. The second-order valence-electron chi connectivity index (χ2n) is 11.0. The van der Waals surface area contributed by atoms with Gasteiger partial charge in [0.1, 0.15) is 30.1 Å². The number of anilines is 1. The van der Waals surface area contributed by atoms with E-state index in [1.807, 2.05) is 23.1 Å². The standard InChI is InChI=1S/C30H30FN7O3/c1-20(39)17-41-25-11-26(29-22(12-32)14-35-38(29)16-25)21-2-5-27(34-13-21)36-8-6-30(7-9-36)18-37(19-30)28(40)10-24-4-3-23(31)15-33-24/h2-5,11,13-16,20,39H,6-10,17-19H2,1H3/t20-/m1/s1. The fourth-order valence-corrected chi connectivity index (χ4v) is 5.67. The van der Waals surface area contributed by atoms with Crippen molar-refractivity contribution >= 4 is 17.2 Å². The number of amides is 1. The number of ether oxygens (including phenoxy) is 1. The predicted molar refractivity (Wildman–Crippen MR) is 149 cm³/mol. The molecule has 0 unspecified atom stereocenters. The Balaban J connectivity index is 1.10. The largest absolute Gasteiger partial charge is 0.489 e. The molecule has 6 heterocycles. The van der Waals surface area contributed by atoms with Crippen LogP contribution in [0.25, 0.3) is 16.6 Å². The van der Waals surface area contributed by atoms with E-state index in [0.717, 1.165) is 62.2 Å². The molecule has 1 N–H and O–H groups in total. The van der Waals surface area contributed by atoms with Gasteiger partial charge >= 0.3 is 0 Å². The first-order valence-electron chi connectivity index (χ1n) is 13.6. The smallest absolute Gasteiger partial charge is 0.228 e. The van der Waals surface area contributed by atoms with Gasteiger partial charge in [0.2, 0.25) is 5.91 Å². The summed E-state index contributed by atoms with van der Waals surface area (Å²) in [7, 11) is 0. The monoisotopic (exact) mass is 555 g/mol. The lowest BCUT2D eigenvalue weighted by Crippen LogP contribution is -2.62. The van der Waals surface area contributed by atoms with Crippen LogP contribution in [0.15, 0.2) is 55.1 Å². The minimum Gasteiger partial charge on any atom is -0.489 e. The maximum atomic E-state index is 13.1. The minimum absolute atomic E-state index is 0.0293. The van der Waals surface area contributed by atoms with Crippen molar-refractivity contribution in [3.63, 3.8) is 0 Å². The van der Waals surface area contributed by atoms with Crippen LogP contribution in [-0.4, -0.2) is 74.4 Å². The van der Waals surface area contributed by atoms with Crippen molar-refractivity contribution in [3.8, 4) is 22.9 Å². The van der Waals surface area contributed by atoms with Crippen LogP contribution in [0.1, 0.15) is 31.0 Å². The van der Waals surface area contributed by atoms with Crippen LogP contribution in [-0.2, 0) is 11.2 Å². The highest BCUT2D eigenvalue weighted by Crippen LogP contribution is 2.41. The molecule has 2 fully saturated rings. The number of carbonyl (C=O) groups is 1. The van der Waals surface area contributed by atoms with E-state index < -0.39 is 11.9 Å². The average Bonchev–Trinajstić information content (AvgIpc) is 3.39. The number of carbonyl (C=O) groups excluding carboxylic acids is 1. The number of aliphatic hydroxyl groups is 1. The molecule has 0 aliphatic carbocycles. The van der Waals surface area contributed by atoms with E-state index in [-0.39, 0.29) is 24.3 Å². The highest BCUT2D eigenvalue weighted by atomic mass is 19.1.